The number of nitrogens with zero attached hydrogens (tertiary/aromatic N) is 2. The molecule has 174 valence electrons. The van der Waals surface area contributed by atoms with Gasteiger partial charge in [-0.15, -0.1) is 0 Å². The minimum Gasteiger partial charge on any atom is -0.479 e. The smallest absolute Gasteiger partial charge is 0.416 e. The maximum absolute atomic E-state index is 12.7. The number of carbonyl (C=O) groups is 2. The van der Waals surface area contributed by atoms with Crippen molar-refractivity contribution < 1.29 is 32.6 Å². The molecule has 1 N–H and O–H groups in total. The van der Waals surface area contributed by atoms with Crippen LogP contribution in [0.1, 0.15) is 46.2 Å². The fourth-order valence-corrected chi connectivity index (χ4v) is 3.19. The van der Waals surface area contributed by atoms with Gasteiger partial charge in [-0.25, -0.2) is 9.78 Å². The van der Waals surface area contributed by atoms with Gasteiger partial charge in [0.2, 0.25) is 5.78 Å². The van der Waals surface area contributed by atoms with E-state index in [-0.39, 0.29) is 18.0 Å². The van der Waals surface area contributed by atoms with Gasteiger partial charge in [0.1, 0.15) is 0 Å². The average molecular weight is 460 g/mol. The molecule has 2 aromatic carbocycles. The Morgan fingerprint density at radius 1 is 1.06 bits per heavy atom. The molecule has 0 radical (unpaired) electrons. The second kappa shape index (κ2) is 10.4. The lowest BCUT2D eigenvalue weighted by Crippen LogP contribution is -2.19. The number of halogens is 3. The fourth-order valence-electron chi connectivity index (χ4n) is 3.19. The SMILES string of the molecule is C[C@@H](OCc1ccc(CCCn2ccnc2C(=O)c2ccc(C(F)(F)F)cc2)cc1)C(=O)O. The monoisotopic (exact) mass is 460 g/mol. The second-order valence-corrected chi connectivity index (χ2v) is 7.56. The third-order valence-electron chi connectivity index (χ3n) is 5.13. The second-order valence-electron chi connectivity index (χ2n) is 7.56. The van der Waals surface area contributed by atoms with E-state index >= 15 is 0 Å². The third kappa shape index (κ3) is 6.52. The number of imidazole rings is 1. The molecule has 3 rings (SSSR count). The molecule has 1 heterocycles. The van der Waals surface area contributed by atoms with Crippen molar-refractivity contribution in [2.45, 2.75) is 45.2 Å². The molecule has 1 atom stereocenters. The van der Waals surface area contributed by atoms with Crippen LogP contribution >= 0.6 is 0 Å². The molecule has 6 nitrogen and oxygen atoms in total. The van der Waals surface area contributed by atoms with E-state index in [0.29, 0.717) is 6.54 Å². The number of hydrogen-bond donors (Lipinski definition) is 1. The van der Waals surface area contributed by atoms with Crippen LogP contribution in [0.25, 0.3) is 0 Å². The van der Waals surface area contributed by atoms with Gasteiger partial charge in [-0.05, 0) is 43.0 Å². The average Bonchev–Trinajstić information content (AvgIpc) is 3.25. The summed E-state index contributed by atoms with van der Waals surface area (Å²) in [5.74, 6) is -1.27. The number of carboxylic acids is 1. The number of aromatic nitrogens is 2. The molecule has 0 unspecified atom stereocenters. The molecule has 0 fully saturated rings. The Kier molecular flexibility index (Phi) is 7.65. The van der Waals surface area contributed by atoms with Gasteiger partial charge in [0, 0.05) is 24.5 Å². The Balaban J connectivity index is 1.55. The van der Waals surface area contributed by atoms with Gasteiger partial charge < -0.3 is 14.4 Å². The van der Waals surface area contributed by atoms with Crippen LogP contribution in [0.4, 0.5) is 13.2 Å². The summed E-state index contributed by atoms with van der Waals surface area (Å²) in [7, 11) is 0. The molecule has 0 bridgehead atoms. The number of benzene rings is 2. The fraction of sp³-hybridized carbons (Fsp3) is 0.292. The number of ether oxygens (including phenoxy) is 1. The van der Waals surface area contributed by atoms with Crippen LogP contribution in [-0.4, -0.2) is 32.5 Å². The van der Waals surface area contributed by atoms with Crippen molar-refractivity contribution in [3.05, 3.63) is 89.0 Å². The highest BCUT2D eigenvalue weighted by molar-refractivity contribution is 6.06. The summed E-state index contributed by atoms with van der Waals surface area (Å²) in [6, 6.07) is 11.7. The number of alkyl halides is 3. The minimum atomic E-state index is -4.46. The van der Waals surface area contributed by atoms with E-state index in [4.69, 9.17) is 9.84 Å². The number of carbonyl (C=O) groups excluding carboxylic acids is 1. The first-order chi connectivity index (χ1) is 15.6. The molecular formula is C24H23F3N2O4. The third-order valence-corrected chi connectivity index (χ3v) is 5.13. The lowest BCUT2D eigenvalue weighted by Gasteiger charge is -2.10. The molecule has 33 heavy (non-hydrogen) atoms. The molecular weight excluding hydrogens is 437 g/mol. The number of aryl methyl sites for hydroxylation is 2. The van der Waals surface area contributed by atoms with Crippen molar-refractivity contribution in [3.8, 4) is 0 Å². The first-order valence-electron chi connectivity index (χ1n) is 10.3. The Labute approximate surface area is 188 Å². The van der Waals surface area contributed by atoms with Gasteiger partial charge in [-0.1, -0.05) is 36.4 Å². The van der Waals surface area contributed by atoms with Crippen LogP contribution in [0.15, 0.2) is 60.9 Å². The van der Waals surface area contributed by atoms with E-state index in [1.165, 1.54) is 13.1 Å². The molecule has 0 saturated carbocycles. The van der Waals surface area contributed by atoms with Crippen LogP contribution in [0.3, 0.4) is 0 Å². The van der Waals surface area contributed by atoms with Gasteiger partial charge in [0.15, 0.2) is 11.9 Å². The maximum atomic E-state index is 12.7. The molecule has 0 aliphatic carbocycles. The largest absolute Gasteiger partial charge is 0.479 e. The van der Waals surface area contributed by atoms with Gasteiger partial charge in [0.05, 0.1) is 12.2 Å². The predicted octanol–water partition coefficient (Wildman–Crippen LogP) is 4.76. The Morgan fingerprint density at radius 2 is 1.70 bits per heavy atom. The van der Waals surface area contributed by atoms with E-state index in [9.17, 15) is 22.8 Å². The number of carboxylic acid groups (broad SMARTS) is 1. The van der Waals surface area contributed by atoms with Crippen LogP contribution in [0.2, 0.25) is 0 Å². The van der Waals surface area contributed by atoms with Crippen LogP contribution in [0.5, 0.6) is 0 Å². The number of hydrogen-bond acceptors (Lipinski definition) is 4. The normalized spacial score (nSPS) is 12.5. The molecule has 0 amide bonds. The Bertz CT molecular complexity index is 1090. The van der Waals surface area contributed by atoms with Crippen molar-refractivity contribution in [2.75, 3.05) is 0 Å². The van der Waals surface area contributed by atoms with E-state index in [0.717, 1.165) is 48.2 Å². The minimum absolute atomic E-state index is 0.144. The quantitative estimate of drug-likeness (QED) is 0.442. The Morgan fingerprint density at radius 3 is 2.30 bits per heavy atom. The van der Waals surface area contributed by atoms with Crippen LogP contribution < -0.4 is 0 Å². The summed E-state index contributed by atoms with van der Waals surface area (Å²) in [4.78, 5) is 27.6. The number of ketones is 1. The molecule has 9 heteroatoms. The number of aliphatic carboxylic acids is 1. The first-order valence-corrected chi connectivity index (χ1v) is 10.3. The van der Waals surface area contributed by atoms with E-state index < -0.39 is 29.6 Å². The molecule has 0 saturated heterocycles. The highest BCUT2D eigenvalue weighted by atomic mass is 19.4. The van der Waals surface area contributed by atoms with Gasteiger partial charge >= 0.3 is 12.1 Å². The summed E-state index contributed by atoms with van der Waals surface area (Å²) >= 11 is 0. The number of rotatable bonds is 10. The van der Waals surface area contributed by atoms with Crippen molar-refractivity contribution >= 4 is 11.8 Å². The molecule has 0 aliphatic rings. The van der Waals surface area contributed by atoms with Crippen molar-refractivity contribution in [2.24, 2.45) is 0 Å². The van der Waals surface area contributed by atoms with Crippen LogP contribution in [0, 0.1) is 0 Å². The first kappa shape index (κ1) is 24.2. The zero-order valence-electron chi connectivity index (χ0n) is 17.9. The molecule has 1 aromatic heterocycles. The summed E-state index contributed by atoms with van der Waals surface area (Å²) in [5, 5.41) is 8.84. The highest BCUT2D eigenvalue weighted by Crippen LogP contribution is 2.29. The maximum Gasteiger partial charge on any atom is 0.416 e. The zero-order valence-corrected chi connectivity index (χ0v) is 17.9. The van der Waals surface area contributed by atoms with Crippen molar-refractivity contribution in [1.29, 1.82) is 0 Å². The van der Waals surface area contributed by atoms with Crippen molar-refractivity contribution in [1.82, 2.24) is 9.55 Å². The topological polar surface area (TPSA) is 81.4 Å². The lowest BCUT2D eigenvalue weighted by molar-refractivity contribution is -0.149. The van der Waals surface area contributed by atoms with Gasteiger partial charge in [-0.3, -0.25) is 4.79 Å². The zero-order chi connectivity index (χ0) is 24.0. The van der Waals surface area contributed by atoms with Gasteiger partial charge in [-0.2, -0.15) is 13.2 Å². The summed E-state index contributed by atoms with van der Waals surface area (Å²) in [6.07, 6.45) is -0.721. The Hall–Kier alpha value is -3.46. The van der Waals surface area contributed by atoms with Crippen LogP contribution in [-0.2, 0) is 35.3 Å². The standard InChI is InChI=1S/C24H23F3N2O4/c1-16(23(31)32)33-15-18-6-4-17(5-7-18)3-2-13-29-14-12-28-22(29)21(30)19-8-10-20(11-9-19)24(25,26)27/h4-12,14,16H,2-3,13,15H2,1H3,(H,31,32)/t16-/m1/s1. The summed E-state index contributed by atoms with van der Waals surface area (Å²) in [6.45, 7) is 2.20. The summed E-state index contributed by atoms with van der Waals surface area (Å²) < 4.78 is 45.1. The molecule has 0 spiro atoms. The molecule has 3 aromatic rings. The predicted molar refractivity (Wildman–Crippen MR) is 114 cm³/mol. The summed E-state index contributed by atoms with van der Waals surface area (Å²) in [5.41, 5.74) is 1.27. The lowest BCUT2D eigenvalue weighted by atomic mass is 10.1. The van der Waals surface area contributed by atoms with Gasteiger partial charge in [0.25, 0.3) is 0 Å². The molecule has 0 aliphatic heterocycles. The highest BCUT2D eigenvalue weighted by Gasteiger charge is 2.30. The van der Waals surface area contributed by atoms with E-state index in [2.05, 4.69) is 4.98 Å². The van der Waals surface area contributed by atoms with Crippen molar-refractivity contribution in [3.63, 3.8) is 0 Å². The van der Waals surface area contributed by atoms with E-state index in [1.807, 2.05) is 24.3 Å². The van der Waals surface area contributed by atoms with E-state index in [1.54, 1.807) is 10.8 Å².